The predicted molar refractivity (Wildman–Crippen MR) is 86.8 cm³/mol. The first-order chi connectivity index (χ1) is 11.7. The van der Waals surface area contributed by atoms with Crippen molar-refractivity contribution in [2.24, 2.45) is 0 Å². The molecule has 126 valence electrons. The van der Waals surface area contributed by atoms with Gasteiger partial charge in [-0.25, -0.2) is 0 Å². The Labute approximate surface area is 140 Å². The molecule has 1 atom stereocenters. The van der Waals surface area contributed by atoms with Gasteiger partial charge >= 0.3 is 0 Å². The number of ether oxygens (including phenoxy) is 2. The molecule has 6 heteroatoms. The fourth-order valence-electron chi connectivity index (χ4n) is 3.31. The van der Waals surface area contributed by atoms with Crippen LogP contribution in [0.5, 0.6) is 11.5 Å². The van der Waals surface area contributed by atoms with Crippen LogP contribution in [0.15, 0.2) is 28.8 Å². The van der Waals surface area contributed by atoms with Gasteiger partial charge in [0, 0.05) is 24.2 Å². The number of hydrogen-bond donors (Lipinski definition) is 0. The number of benzene rings is 1. The maximum Gasteiger partial charge on any atom is 0.231 e. The Kier molecular flexibility index (Phi) is 3.88. The van der Waals surface area contributed by atoms with E-state index in [2.05, 4.69) is 12.1 Å². The van der Waals surface area contributed by atoms with E-state index < -0.39 is 0 Å². The molecule has 0 bridgehead atoms. The molecule has 0 radical (unpaired) electrons. The van der Waals surface area contributed by atoms with E-state index in [1.54, 1.807) is 0 Å². The fourth-order valence-corrected chi connectivity index (χ4v) is 3.31. The van der Waals surface area contributed by atoms with Gasteiger partial charge in [-0.05, 0) is 44.4 Å². The van der Waals surface area contributed by atoms with Crippen LogP contribution in [0.3, 0.4) is 0 Å². The molecule has 0 saturated carbocycles. The van der Waals surface area contributed by atoms with Crippen LogP contribution in [-0.4, -0.2) is 35.3 Å². The summed E-state index contributed by atoms with van der Waals surface area (Å²) in [7, 11) is 0. The normalized spacial score (nSPS) is 19.5. The van der Waals surface area contributed by atoms with Crippen molar-refractivity contribution in [2.75, 3.05) is 13.3 Å². The average molecular weight is 328 g/mol. The molecule has 3 heterocycles. The van der Waals surface area contributed by atoms with Crippen LogP contribution >= 0.6 is 0 Å². The Bertz CT molecular complexity index is 755. The van der Waals surface area contributed by atoms with E-state index in [4.69, 9.17) is 14.0 Å². The Morgan fingerprint density at radius 3 is 3.00 bits per heavy atom. The molecule has 1 fully saturated rings. The van der Waals surface area contributed by atoms with Crippen LogP contribution < -0.4 is 9.47 Å². The largest absolute Gasteiger partial charge is 0.454 e. The lowest BCUT2D eigenvalue weighted by atomic mass is 10.0. The molecule has 6 nitrogen and oxygen atoms in total. The number of piperidine rings is 1. The molecule has 2 aliphatic heterocycles. The van der Waals surface area contributed by atoms with Crippen molar-refractivity contribution in [2.45, 2.75) is 38.6 Å². The lowest BCUT2D eigenvalue weighted by Gasteiger charge is -2.33. The molecule has 0 aliphatic carbocycles. The summed E-state index contributed by atoms with van der Waals surface area (Å²) in [4.78, 5) is 14.4. The Morgan fingerprint density at radius 2 is 2.12 bits per heavy atom. The number of aromatic nitrogens is 1. The summed E-state index contributed by atoms with van der Waals surface area (Å²) >= 11 is 0. The zero-order valence-corrected chi connectivity index (χ0v) is 13.7. The topological polar surface area (TPSA) is 64.8 Å². The van der Waals surface area contributed by atoms with E-state index in [0.717, 1.165) is 30.7 Å². The summed E-state index contributed by atoms with van der Waals surface area (Å²) in [6.07, 6.45) is 3.63. The summed E-state index contributed by atoms with van der Waals surface area (Å²) in [5, 5.41) is 4.05. The first kappa shape index (κ1) is 15.1. The van der Waals surface area contributed by atoms with E-state index in [9.17, 15) is 4.79 Å². The van der Waals surface area contributed by atoms with Gasteiger partial charge in [0.2, 0.25) is 12.7 Å². The zero-order valence-electron chi connectivity index (χ0n) is 13.7. The summed E-state index contributed by atoms with van der Waals surface area (Å²) in [5.41, 5.74) is 1.52. The highest BCUT2D eigenvalue weighted by Crippen LogP contribution is 2.36. The standard InChI is InChI=1S/C18H20N2O4/c1-12-4-2-3-7-20(12)18(21)10-14-9-16(24-19-14)13-5-6-15-17(8-13)23-11-22-15/h5-6,8-9,12H,2-4,7,10-11H2,1H3/t12-/m0/s1. The van der Waals surface area contributed by atoms with Crippen molar-refractivity contribution < 1.29 is 18.8 Å². The summed E-state index contributed by atoms with van der Waals surface area (Å²) < 4.78 is 16.1. The summed E-state index contributed by atoms with van der Waals surface area (Å²) in [6, 6.07) is 7.74. The monoisotopic (exact) mass is 328 g/mol. The molecule has 2 aliphatic rings. The number of nitrogens with zero attached hydrogens (tertiary/aromatic N) is 2. The zero-order chi connectivity index (χ0) is 16.5. The molecule has 1 amide bonds. The van der Waals surface area contributed by atoms with Gasteiger partial charge in [0.15, 0.2) is 17.3 Å². The number of carbonyl (C=O) groups is 1. The van der Waals surface area contributed by atoms with E-state index in [1.165, 1.54) is 6.42 Å². The average Bonchev–Trinajstić information content (AvgIpc) is 3.23. The maximum absolute atomic E-state index is 12.5. The lowest BCUT2D eigenvalue weighted by Crippen LogP contribution is -2.42. The van der Waals surface area contributed by atoms with Crippen molar-refractivity contribution in [1.29, 1.82) is 0 Å². The van der Waals surface area contributed by atoms with Crippen molar-refractivity contribution in [1.82, 2.24) is 10.1 Å². The number of carbonyl (C=O) groups excluding carboxylic acids is 1. The van der Waals surface area contributed by atoms with Gasteiger partial charge in [-0.2, -0.15) is 0 Å². The first-order valence-corrected chi connectivity index (χ1v) is 8.36. The van der Waals surface area contributed by atoms with Crippen LogP contribution in [0.1, 0.15) is 31.9 Å². The Hall–Kier alpha value is -2.50. The van der Waals surface area contributed by atoms with Crippen molar-refractivity contribution in [3.63, 3.8) is 0 Å². The van der Waals surface area contributed by atoms with Gasteiger partial charge in [0.05, 0.1) is 12.1 Å². The molecular formula is C18H20N2O4. The molecule has 2 aromatic rings. The quantitative estimate of drug-likeness (QED) is 0.866. The van der Waals surface area contributed by atoms with Crippen LogP contribution in [0.25, 0.3) is 11.3 Å². The predicted octanol–water partition coefficient (Wildman–Crippen LogP) is 3.01. The fraction of sp³-hybridized carbons (Fsp3) is 0.444. The molecule has 0 spiro atoms. The van der Waals surface area contributed by atoms with Gasteiger partial charge in [0.1, 0.15) is 0 Å². The highest BCUT2D eigenvalue weighted by molar-refractivity contribution is 5.79. The molecular weight excluding hydrogens is 308 g/mol. The smallest absolute Gasteiger partial charge is 0.231 e. The lowest BCUT2D eigenvalue weighted by molar-refractivity contribution is -0.133. The van der Waals surface area contributed by atoms with Crippen molar-refractivity contribution in [3.05, 3.63) is 30.0 Å². The third-order valence-electron chi connectivity index (χ3n) is 4.67. The SMILES string of the molecule is C[C@H]1CCCCN1C(=O)Cc1cc(-c2ccc3c(c2)OCO3)on1. The Morgan fingerprint density at radius 1 is 1.25 bits per heavy atom. The van der Waals surface area contributed by atoms with Gasteiger partial charge < -0.3 is 18.9 Å². The van der Waals surface area contributed by atoms with Gasteiger partial charge in [0.25, 0.3) is 0 Å². The molecule has 1 aromatic heterocycles. The molecule has 1 saturated heterocycles. The minimum absolute atomic E-state index is 0.118. The third-order valence-corrected chi connectivity index (χ3v) is 4.67. The summed E-state index contributed by atoms with van der Waals surface area (Å²) in [5.74, 6) is 2.17. The van der Waals surface area contributed by atoms with E-state index >= 15 is 0 Å². The second-order valence-corrected chi connectivity index (χ2v) is 6.36. The number of fused-ring (bicyclic) bond motifs is 1. The molecule has 0 N–H and O–H groups in total. The van der Waals surface area contributed by atoms with E-state index in [0.29, 0.717) is 23.2 Å². The molecule has 1 aromatic carbocycles. The minimum Gasteiger partial charge on any atom is -0.454 e. The van der Waals surface area contributed by atoms with Crippen LogP contribution in [0.4, 0.5) is 0 Å². The number of likely N-dealkylation sites (tertiary alicyclic amines) is 1. The first-order valence-electron chi connectivity index (χ1n) is 8.36. The van der Waals surface area contributed by atoms with E-state index in [-0.39, 0.29) is 19.1 Å². The van der Waals surface area contributed by atoms with Crippen LogP contribution in [-0.2, 0) is 11.2 Å². The van der Waals surface area contributed by atoms with Gasteiger partial charge in [-0.3, -0.25) is 4.79 Å². The van der Waals surface area contributed by atoms with Crippen LogP contribution in [0.2, 0.25) is 0 Å². The number of hydrogen-bond acceptors (Lipinski definition) is 5. The Balaban J connectivity index is 1.47. The van der Waals surface area contributed by atoms with Crippen molar-refractivity contribution in [3.8, 4) is 22.8 Å². The molecule has 24 heavy (non-hydrogen) atoms. The molecule has 0 unspecified atom stereocenters. The van der Waals surface area contributed by atoms with E-state index in [1.807, 2.05) is 29.2 Å². The van der Waals surface area contributed by atoms with Crippen LogP contribution in [0, 0.1) is 0 Å². The van der Waals surface area contributed by atoms with Gasteiger partial charge in [-0.1, -0.05) is 5.16 Å². The third kappa shape index (κ3) is 2.84. The van der Waals surface area contributed by atoms with Gasteiger partial charge in [-0.15, -0.1) is 0 Å². The highest BCUT2D eigenvalue weighted by Gasteiger charge is 2.24. The molecule has 4 rings (SSSR count). The maximum atomic E-state index is 12.5. The second kappa shape index (κ2) is 6.19. The number of rotatable bonds is 3. The highest BCUT2D eigenvalue weighted by atomic mass is 16.7. The summed E-state index contributed by atoms with van der Waals surface area (Å²) in [6.45, 7) is 3.19. The second-order valence-electron chi connectivity index (χ2n) is 6.36. The van der Waals surface area contributed by atoms with Crippen molar-refractivity contribution >= 4 is 5.91 Å². The minimum atomic E-state index is 0.118. The number of amides is 1.